The van der Waals surface area contributed by atoms with Gasteiger partial charge in [0.25, 0.3) is 0 Å². The molecule has 0 heterocycles. The Morgan fingerprint density at radius 2 is 1.74 bits per heavy atom. The van der Waals surface area contributed by atoms with E-state index in [0.29, 0.717) is 11.0 Å². The van der Waals surface area contributed by atoms with E-state index in [9.17, 15) is 0 Å². The summed E-state index contributed by atoms with van der Waals surface area (Å²) in [4.78, 5) is 0. The van der Waals surface area contributed by atoms with Crippen LogP contribution in [0, 0.1) is 0 Å². The van der Waals surface area contributed by atoms with Crippen molar-refractivity contribution >= 4 is 34.6 Å². The van der Waals surface area contributed by atoms with Crippen molar-refractivity contribution in [1.29, 1.82) is 0 Å². The predicted molar refractivity (Wildman–Crippen MR) is 105 cm³/mol. The van der Waals surface area contributed by atoms with Gasteiger partial charge in [-0.15, -0.1) is 0 Å². The Morgan fingerprint density at radius 1 is 1.09 bits per heavy atom. The molecular formula is C19H23ClN2S. The van der Waals surface area contributed by atoms with Crippen molar-refractivity contribution in [2.45, 2.75) is 32.6 Å². The van der Waals surface area contributed by atoms with E-state index in [1.54, 1.807) is 0 Å². The van der Waals surface area contributed by atoms with Crippen LogP contribution in [0.25, 0.3) is 0 Å². The number of nitrogens with one attached hydrogen (secondary N) is 2. The number of anilines is 1. The maximum Gasteiger partial charge on any atom is 0.170 e. The topological polar surface area (TPSA) is 24.1 Å². The highest BCUT2D eigenvalue weighted by atomic mass is 35.5. The molecule has 0 aliphatic heterocycles. The van der Waals surface area contributed by atoms with Crippen LogP contribution < -0.4 is 10.6 Å². The summed E-state index contributed by atoms with van der Waals surface area (Å²) >= 11 is 11.2. The quantitative estimate of drug-likeness (QED) is 0.686. The summed E-state index contributed by atoms with van der Waals surface area (Å²) in [6.07, 6.45) is 2.06. The number of halogens is 1. The highest BCUT2D eigenvalue weighted by Crippen LogP contribution is 2.20. The van der Waals surface area contributed by atoms with E-state index < -0.39 is 0 Å². The zero-order chi connectivity index (χ0) is 16.7. The van der Waals surface area contributed by atoms with E-state index >= 15 is 0 Å². The van der Waals surface area contributed by atoms with Crippen LogP contribution >= 0.6 is 23.8 Å². The fraction of sp³-hybridized carbons (Fsp3) is 0.316. The van der Waals surface area contributed by atoms with Crippen LogP contribution in [-0.4, -0.2) is 11.7 Å². The lowest BCUT2D eigenvalue weighted by Crippen LogP contribution is -2.30. The van der Waals surface area contributed by atoms with Crippen LogP contribution in [0.2, 0.25) is 5.02 Å². The van der Waals surface area contributed by atoms with Gasteiger partial charge in [0.15, 0.2) is 5.11 Å². The van der Waals surface area contributed by atoms with Crippen LogP contribution in [-0.2, 0) is 6.42 Å². The van der Waals surface area contributed by atoms with Crippen molar-refractivity contribution in [3.63, 3.8) is 0 Å². The molecule has 2 rings (SSSR count). The van der Waals surface area contributed by atoms with Gasteiger partial charge in [-0.25, -0.2) is 0 Å². The molecule has 2 N–H and O–H groups in total. The number of hydrogen-bond acceptors (Lipinski definition) is 1. The van der Waals surface area contributed by atoms with Crippen molar-refractivity contribution in [1.82, 2.24) is 5.32 Å². The maximum atomic E-state index is 5.88. The Morgan fingerprint density at radius 3 is 2.35 bits per heavy atom. The minimum atomic E-state index is 0.591. The van der Waals surface area contributed by atoms with Crippen LogP contribution in [0.5, 0.6) is 0 Å². The third-order valence-corrected chi connectivity index (χ3v) is 4.46. The lowest BCUT2D eigenvalue weighted by molar-refractivity contribution is 0.734. The number of benzene rings is 2. The molecule has 0 radical (unpaired) electrons. The number of hydrogen-bond donors (Lipinski definition) is 2. The van der Waals surface area contributed by atoms with Gasteiger partial charge in [0, 0.05) is 17.3 Å². The molecule has 1 atom stereocenters. The predicted octanol–water partition coefficient (Wildman–Crippen LogP) is 5.38. The van der Waals surface area contributed by atoms with Crippen molar-refractivity contribution in [2.24, 2.45) is 0 Å². The molecule has 0 saturated carbocycles. The molecule has 2 aromatic rings. The molecule has 0 amide bonds. The van der Waals surface area contributed by atoms with Crippen LogP contribution in [0.4, 0.5) is 5.69 Å². The van der Waals surface area contributed by atoms with Gasteiger partial charge in [-0.2, -0.15) is 0 Å². The van der Waals surface area contributed by atoms with Gasteiger partial charge >= 0.3 is 0 Å². The normalized spacial score (nSPS) is 11.8. The van der Waals surface area contributed by atoms with Crippen molar-refractivity contribution in [2.75, 3.05) is 11.9 Å². The SMILES string of the molecule is CCC(C)c1ccc(NC(=S)NCCc2ccc(Cl)cc2)cc1. The Kier molecular flexibility index (Phi) is 6.87. The molecule has 0 saturated heterocycles. The van der Waals surface area contributed by atoms with E-state index in [4.69, 9.17) is 23.8 Å². The van der Waals surface area contributed by atoms with Gasteiger partial charge in [0.1, 0.15) is 0 Å². The molecule has 4 heteroatoms. The number of thiocarbonyl (C=S) groups is 1. The summed E-state index contributed by atoms with van der Waals surface area (Å²) < 4.78 is 0. The van der Waals surface area contributed by atoms with Crippen molar-refractivity contribution in [3.05, 3.63) is 64.7 Å². The monoisotopic (exact) mass is 346 g/mol. The first-order chi connectivity index (χ1) is 11.1. The molecule has 0 aromatic heterocycles. The second kappa shape index (κ2) is 8.90. The molecule has 23 heavy (non-hydrogen) atoms. The van der Waals surface area contributed by atoms with Gasteiger partial charge in [0.2, 0.25) is 0 Å². The zero-order valence-corrected chi connectivity index (χ0v) is 15.2. The molecular weight excluding hydrogens is 324 g/mol. The largest absolute Gasteiger partial charge is 0.362 e. The first-order valence-electron chi connectivity index (χ1n) is 7.97. The summed E-state index contributed by atoms with van der Waals surface area (Å²) in [7, 11) is 0. The molecule has 0 spiro atoms. The molecule has 0 bridgehead atoms. The smallest absolute Gasteiger partial charge is 0.170 e. The molecule has 122 valence electrons. The summed E-state index contributed by atoms with van der Waals surface area (Å²) in [6.45, 7) is 5.24. The van der Waals surface area contributed by atoms with Crippen LogP contribution in [0.15, 0.2) is 48.5 Å². The molecule has 2 nitrogen and oxygen atoms in total. The molecule has 0 fully saturated rings. The zero-order valence-electron chi connectivity index (χ0n) is 13.6. The molecule has 1 unspecified atom stereocenters. The van der Waals surface area contributed by atoms with Crippen LogP contribution in [0.1, 0.15) is 37.3 Å². The summed E-state index contributed by atoms with van der Waals surface area (Å²) in [6, 6.07) is 16.4. The van der Waals surface area contributed by atoms with E-state index in [1.807, 2.05) is 24.3 Å². The van der Waals surface area contributed by atoms with E-state index in [0.717, 1.165) is 30.1 Å². The second-order valence-corrected chi connectivity index (χ2v) is 6.53. The van der Waals surface area contributed by atoms with E-state index in [2.05, 4.69) is 48.7 Å². The maximum absolute atomic E-state index is 5.88. The van der Waals surface area contributed by atoms with Gasteiger partial charge in [0.05, 0.1) is 0 Å². The Balaban J connectivity index is 1.77. The van der Waals surface area contributed by atoms with E-state index in [-0.39, 0.29) is 0 Å². The Bertz CT molecular complexity index is 623. The fourth-order valence-corrected chi connectivity index (χ4v) is 2.62. The first kappa shape index (κ1) is 17.8. The number of rotatable bonds is 6. The highest BCUT2D eigenvalue weighted by molar-refractivity contribution is 7.80. The first-order valence-corrected chi connectivity index (χ1v) is 8.76. The lowest BCUT2D eigenvalue weighted by Gasteiger charge is -2.13. The molecule has 0 aliphatic carbocycles. The fourth-order valence-electron chi connectivity index (χ4n) is 2.28. The van der Waals surface area contributed by atoms with Gasteiger partial charge in [-0.1, -0.05) is 49.7 Å². The standard InChI is InChI=1S/C19H23ClN2S/c1-3-14(2)16-6-10-18(11-7-16)22-19(23)21-13-12-15-4-8-17(20)9-5-15/h4-11,14H,3,12-13H2,1-2H3,(H2,21,22,23). The highest BCUT2D eigenvalue weighted by Gasteiger charge is 2.03. The Labute approximate surface area is 149 Å². The van der Waals surface area contributed by atoms with Gasteiger partial charge in [-0.05, 0) is 66.4 Å². The van der Waals surface area contributed by atoms with Crippen molar-refractivity contribution in [3.8, 4) is 0 Å². The van der Waals surface area contributed by atoms with Crippen molar-refractivity contribution < 1.29 is 0 Å². The minimum Gasteiger partial charge on any atom is -0.362 e. The summed E-state index contributed by atoms with van der Waals surface area (Å²) in [5.74, 6) is 0.591. The summed E-state index contributed by atoms with van der Waals surface area (Å²) in [5, 5.41) is 7.86. The van der Waals surface area contributed by atoms with Crippen LogP contribution in [0.3, 0.4) is 0 Å². The molecule has 0 aliphatic rings. The molecule has 2 aromatic carbocycles. The van der Waals surface area contributed by atoms with Gasteiger partial charge in [-0.3, -0.25) is 0 Å². The Hall–Kier alpha value is -1.58. The summed E-state index contributed by atoms with van der Waals surface area (Å²) in [5.41, 5.74) is 3.61. The minimum absolute atomic E-state index is 0.591. The third-order valence-electron chi connectivity index (χ3n) is 3.96. The lowest BCUT2D eigenvalue weighted by atomic mass is 9.99. The van der Waals surface area contributed by atoms with Gasteiger partial charge < -0.3 is 10.6 Å². The average Bonchev–Trinajstić information content (AvgIpc) is 2.56. The average molecular weight is 347 g/mol. The van der Waals surface area contributed by atoms with E-state index in [1.165, 1.54) is 11.1 Å². The second-order valence-electron chi connectivity index (χ2n) is 5.69. The third kappa shape index (κ3) is 5.85.